The van der Waals surface area contributed by atoms with Crippen LogP contribution in [0, 0.1) is 5.92 Å². The SMILES string of the molecule is CCOC(=O)[C@H]1[C@@H](OC(=O)c2ccccc2)C[C@@H]2CC[C@H]1[NH+]2C. The first-order valence-corrected chi connectivity index (χ1v) is 8.37. The van der Waals surface area contributed by atoms with Crippen LogP contribution < -0.4 is 4.90 Å². The Morgan fingerprint density at radius 3 is 2.65 bits per heavy atom. The minimum atomic E-state index is -0.386. The highest BCUT2D eigenvalue weighted by atomic mass is 16.6. The van der Waals surface area contributed by atoms with Crippen LogP contribution in [0.2, 0.25) is 0 Å². The number of benzene rings is 1. The standard InChI is InChI=1S/C18H23NO4/c1-3-22-18(21)16-14-10-9-13(19(14)2)11-15(16)23-17(20)12-7-5-4-6-8-12/h4-8,13-16H,3,9-11H2,1-2H3/p+1/t13-,14+,15-,16+/m0/s1. The molecule has 2 fully saturated rings. The van der Waals surface area contributed by atoms with Crippen LogP contribution in [0.1, 0.15) is 36.5 Å². The van der Waals surface area contributed by atoms with E-state index in [2.05, 4.69) is 7.05 Å². The lowest BCUT2D eigenvalue weighted by Gasteiger charge is -2.38. The minimum absolute atomic E-state index is 0.182. The molecule has 1 N–H and O–H groups in total. The number of ether oxygens (including phenoxy) is 2. The lowest BCUT2D eigenvalue weighted by molar-refractivity contribution is -0.926. The highest BCUT2D eigenvalue weighted by Gasteiger charge is 2.54. The zero-order chi connectivity index (χ0) is 16.4. The third kappa shape index (κ3) is 3.11. The van der Waals surface area contributed by atoms with Crippen molar-refractivity contribution in [3.05, 3.63) is 35.9 Å². The summed E-state index contributed by atoms with van der Waals surface area (Å²) < 4.78 is 11.0. The van der Waals surface area contributed by atoms with Crippen LogP contribution >= 0.6 is 0 Å². The summed E-state index contributed by atoms with van der Waals surface area (Å²) in [6, 6.07) is 9.58. The predicted octanol–water partition coefficient (Wildman–Crippen LogP) is 0.841. The molecule has 1 aromatic carbocycles. The zero-order valence-corrected chi connectivity index (χ0v) is 13.7. The number of carbonyl (C=O) groups excluding carboxylic acids is 2. The summed E-state index contributed by atoms with van der Waals surface area (Å²) in [6.07, 6.45) is 2.40. The first-order valence-electron chi connectivity index (χ1n) is 8.37. The van der Waals surface area contributed by atoms with Gasteiger partial charge in [0.1, 0.15) is 18.1 Å². The molecule has 0 aromatic heterocycles. The number of piperidine rings is 1. The number of fused-ring (bicyclic) bond motifs is 2. The number of hydrogen-bond donors (Lipinski definition) is 1. The van der Waals surface area contributed by atoms with Gasteiger partial charge in [-0.2, -0.15) is 0 Å². The molecule has 5 nitrogen and oxygen atoms in total. The van der Waals surface area contributed by atoms with Crippen molar-refractivity contribution in [3.63, 3.8) is 0 Å². The van der Waals surface area contributed by atoms with Gasteiger partial charge in [-0.3, -0.25) is 4.79 Å². The lowest BCUT2D eigenvalue weighted by Crippen LogP contribution is -3.16. The number of hydrogen-bond acceptors (Lipinski definition) is 4. The molecule has 5 atom stereocenters. The Balaban J connectivity index is 1.78. The molecule has 1 unspecified atom stereocenters. The molecule has 23 heavy (non-hydrogen) atoms. The molecule has 124 valence electrons. The molecule has 0 spiro atoms. The quantitative estimate of drug-likeness (QED) is 0.836. The van der Waals surface area contributed by atoms with Crippen molar-refractivity contribution < 1.29 is 24.0 Å². The maximum Gasteiger partial charge on any atom is 0.338 e. The summed E-state index contributed by atoms with van der Waals surface area (Å²) >= 11 is 0. The van der Waals surface area contributed by atoms with Gasteiger partial charge in [0.25, 0.3) is 0 Å². The third-order valence-electron chi connectivity index (χ3n) is 5.23. The van der Waals surface area contributed by atoms with Crippen molar-refractivity contribution in [3.8, 4) is 0 Å². The van der Waals surface area contributed by atoms with E-state index >= 15 is 0 Å². The largest absolute Gasteiger partial charge is 0.465 e. The van der Waals surface area contributed by atoms with Crippen molar-refractivity contribution in [1.29, 1.82) is 0 Å². The summed E-state index contributed by atoms with van der Waals surface area (Å²) in [5.74, 6) is -0.951. The van der Waals surface area contributed by atoms with Gasteiger partial charge in [0, 0.05) is 19.3 Å². The van der Waals surface area contributed by atoms with Gasteiger partial charge in [-0.15, -0.1) is 0 Å². The van der Waals surface area contributed by atoms with E-state index in [0.29, 0.717) is 18.2 Å². The summed E-state index contributed by atoms with van der Waals surface area (Å²) in [5.41, 5.74) is 0.522. The Bertz CT molecular complexity index is 574. The van der Waals surface area contributed by atoms with Gasteiger partial charge in [-0.05, 0) is 19.1 Å². The average molecular weight is 318 g/mol. The van der Waals surface area contributed by atoms with E-state index in [1.165, 1.54) is 4.90 Å². The fourth-order valence-corrected chi connectivity index (χ4v) is 4.05. The molecule has 2 aliphatic heterocycles. The van der Waals surface area contributed by atoms with Crippen LogP contribution in [0.3, 0.4) is 0 Å². The van der Waals surface area contributed by atoms with E-state index in [1.54, 1.807) is 19.1 Å². The molecular formula is C18H24NO4+. The monoisotopic (exact) mass is 318 g/mol. The maximum atomic E-state index is 12.4. The van der Waals surface area contributed by atoms with Gasteiger partial charge in [-0.1, -0.05) is 18.2 Å². The Kier molecular flexibility index (Phi) is 4.66. The van der Waals surface area contributed by atoms with Gasteiger partial charge in [0.15, 0.2) is 0 Å². The van der Waals surface area contributed by atoms with Crippen molar-refractivity contribution in [2.24, 2.45) is 5.92 Å². The second-order valence-corrected chi connectivity index (χ2v) is 6.45. The molecule has 1 aromatic rings. The Morgan fingerprint density at radius 1 is 1.22 bits per heavy atom. The summed E-state index contributed by atoms with van der Waals surface area (Å²) in [4.78, 5) is 26.2. The van der Waals surface area contributed by atoms with Crippen LogP contribution in [0.4, 0.5) is 0 Å². The molecule has 0 radical (unpaired) electrons. The van der Waals surface area contributed by atoms with Gasteiger partial charge < -0.3 is 14.4 Å². The van der Waals surface area contributed by atoms with E-state index in [9.17, 15) is 9.59 Å². The first kappa shape index (κ1) is 16.0. The van der Waals surface area contributed by atoms with Crippen LogP contribution in [-0.2, 0) is 14.3 Å². The molecule has 5 heteroatoms. The molecule has 0 amide bonds. The molecular weight excluding hydrogens is 294 g/mol. The molecule has 0 saturated carbocycles. The number of quaternary nitrogens is 1. The molecule has 2 bridgehead atoms. The van der Waals surface area contributed by atoms with Crippen LogP contribution in [0.15, 0.2) is 30.3 Å². The Labute approximate surface area is 136 Å². The smallest absolute Gasteiger partial charge is 0.338 e. The van der Waals surface area contributed by atoms with Crippen molar-refractivity contribution >= 4 is 11.9 Å². The second-order valence-electron chi connectivity index (χ2n) is 6.45. The molecule has 2 aliphatic rings. The van der Waals surface area contributed by atoms with E-state index in [1.807, 2.05) is 18.2 Å². The van der Waals surface area contributed by atoms with Gasteiger partial charge in [0.2, 0.25) is 0 Å². The normalized spacial score (nSPS) is 32.3. The molecule has 2 heterocycles. The van der Waals surface area contributed by atoms with Crippen LogP contribution in [-0.4, -0.2) is 43.8 Å². The molecule has 0 aliphatic carbocycles. The first-order chi connectivity index (χ1) is 11.1. The maximum absolute atomic E-state index is 12.4. The van der Waals surface area contributed by atoms with Gasteiger partial charge in [-0.25, -0.2) is 4.79 Å². The van der Waals surface area contributed by atoms with Crippen molar-refractivity contribution in [1.82, 2.24) is 0 Å². The number of esters is 2. The summed E-state index contributed by atoms with van der Waals surface area (Å²) in [6.45, 7) is 2.16. The van der Waals surface area contributed by atoms with E-state index in [4.69, 9.17) is 9.47 Å². The van der Waals surface area contributed by atoms with E-state index in [0.717, 1.165) is 19.3 Å². The lowest BCUT2D eigenvalue weighted by atomic mass is 9.87. The molecule has 2 saturated heterocycles. The fourth-order valence-electron chi connectivity index (χ4n) is 4.05. The number of rotatable bonds is 4. The van der Waals surface area contributed by atoms with Gasteiger partial charge >= 0.3 is 11.9 Å². The number of nitrogens with one attached hydrogen (secondary N) is 1. The van der Waals surface area contributed by atoms with Gasteiger partial charge in [0.05, 0.1) is 25.3 Å². The summed E-state index contributed by atoms with van der Waals surface area (Å²) in [5, 5.41) is 0. The van der Waals surface area contributed by atoms with Crippen molar-refractivity contribution in [2.45, 2.75) is 44.4 Å². The van der Waals surface area contributed by atoms with E-state index < -0.39 is 0 Å². The minimum Gasteiger partial charge on any atom is -0.465 e. The van der Waals surface area contributed by atoms with Crippen LogP contribution in [0.5, 0.6) is 0 Å². The Morgan fingerprint density at radius 2 is 1.96 bits per heavy atom. The second kappa shape index (κ2) is 6.71. The summed E-state index contributed by atoms with van der Waals surface area (Å²) in [7, 11) is 2.13. The number of carbonyl (C=O) groups is 2. The van der Waals surface area contributed by atoms with Crippen molar-refractivity contribution in [2.75, 3.05) is 13.7 Å². The molecule has 3 rings (SSSR count). The van der Waals surface area contributed by atoms with Crippen LogP contribution in [0.25, 0.3) is 0 Å². The topological polar surface area (TPSA) is 57.0 Å². The highest BCUT2D eigenvalue weighted by molar-refractivity contribution is 5.89. The predicted molar refractivity (Wildman–Crippen MR) is 84.1 cm³/mol. The average Bonchev–Trinajstić information content (AvgIpc) is 2.80. The Hall–Kier alpha value is -1.88. The fraction of sp³-hybridized carbons (Fsp3) is 0.556. The zero-order valence-electron chi connectivity index (χ0n) is 13.7. The third-order valence-corrected chi connectivity index (χ3v) is 5.23. The van der Waals surface area contributed by atoms with E-state index in [-0.39, 0.29) is 30.0 Å². The highest BCUT2D eigenvalue weighted by Crippen LogP contribution is 2.31.